The Morgan fingerprint density at radius 2 is 1.91 bits per heavy atom. The Morgan fingerprint density at radius 3 is 2.50 bits per heavy atom. The van der Waals surface area contributed by atoms with E-state index in [2.05, 4.69) is 17.1 Å². The van der Waals surface area contributed by atoms with Crippen molar-refractivity contribution in [1.82, 2.24) is 10.2 Å². The molecule has 0 fully saturated rings. The van der Waals surface area contributed by atoms with Crippen LogP contribution >= 0.6 is 7.36 Å². The molecular weight excluding hydrogens is 325 g/mol. The molecule has 22 heavy (non-hydrogen) atoms. The molecule has 1 heterocycles. The standard InChI is InChI=1S/C13H18N3O4PS/c14-9(13(20)21-22)3-1-2-7-15-10(17)6-8-16-11(18)4-5-12(16)19/h4-5,9H,1-3,6-8,14H2,(H,15,17). The quantitative estimate of drug-likeness (QED) is 0.324. The first-order valence-electron chi connectivity index (χ1n) is 6.88. The summed E-state index contributed by atoms with van der Waals surface area (Å²) in [4.78, 5) is 46.3. The second-order valence-electron chi connectivity index (χ2n) is 4.79. The van der Waals surface area contributed by atoms with Gasteiger partial charge >= 0.3 is 0 Å². The van der Waals surface area contributed by atoms with Crippen molar-refractivity contribution >= 4 is 42.4 Å². The van der Waals surface area contributed by atoms with Crippen LogP contribution in [0, 0.1) is 0 Å². The van der Waals surface area contributed by atoms with Crippen LogP contribution in [-0.4, -0.2) is 47.3 Å². The minimum atomic E-state index is -0.533. The molecule has 0 bridgehead atoms. The van der Waals surface area contributed by atoms with Crippen LogP contribution in [0.3, 0.4) is 0 Å². The summed E-state index contributed by atoms with van der Waals surface area (Å²) in [5.41, 5.74) is 5.47. The molecule has 0 spiro atoms. The van der Waals surface area contributed by atoms with E-state index in [4.69, 9.17) is 5.73 Å². The number of imide groups is 1. The zero-order valence-electron chi connectivity index (χ0n) is 12.0. The normalized spacial score (nSPS) is 15.4. The van der Waals surface area contributed by atoms with Crippen molar-refractivity contribution in [3.63, 3.8) is 0 Å². The van der Waals surface area contributed by atoms with E-state index in [0.29, 0.717) is 25.8 Å². The van der Waals surface area contributed by atoms with Gasteiger partial charge in [0.15, 0.2) is 0 Å². The van der Waals surface area contributed by atoms with Gasteiger partial charge in [0.05, 0.1) is 13.4 Å². The highest BCUT2D eigenvalue weighted by molar-refractivity contribution is 8.03. The molecule has 3 N–H and O–H groups in total. The molecule has 0 radical (unpaired) electrons. The smallest absolute Gasteiger partial charge is 0.253 e. The first-order valence-corrected chi connectivity index (χ1v) is 8.79. The van der Waals surface area contributed by atoms with E-state index in [-0.39, 0.29) is 31.8 Å². The van der Waals surface area contributed by atoms with Crippen molar-refractivity contribution in [3.8, 4) is 0 Å². The fourth-order valence-corrected chi connectivity index (χ4v) is 2.53. The number of unbranched alkanes of at least 4 members (excludes halogenated alkanes) is 1. The molecular formula is C13H18N3O4PS. The minimum Gasteiger partial charge on any atom is -0.356 e. The molecule has 0 aromatic rings. The fourth-order valence-electron chi connectivity index (χ4n) is 1.86. The monoisotopic (exact) mass is 343 g/mol. The zero-order valence-corrected chi connectivity index (χ0v) is 13.7. The van der Waals surface area contributed by atoms with Gasteiger partial charge in [0.2, 0.25) is 11.4 Å². The lowest BCUT2D eigenvalue weighted by atomic mass is 10.1. The summed E-state index contributed by atoms with van der Waals surface area (Å²) in [5, 5.41) is 2.70. The third-order valence-electron chi connectivity index (χ3n) is 3.13. The zero-order chi connectivity index (χ0) is 16.5. The Labute approximate surface area is 135 Å². The Balaban J connectivity index is 2.09. The average molecular weight is 343 g/mol. The number of nitrogens with two attached hydrogens (primary N) is 1. The largest absolute Gasteiger partial charge is 0.356 e. The van der Waals surface area contributed by atoms with Crippen molar-refractivity contribution in [3.05, 3.63) is 12.2 Å². The number of hydrogen-bond donors (Lipinski definition) is 2. The minimum absolute atomic E-state index is 0.0754. The lowest BCUT2D eigenvalue weighted by molar-refractivity contribution is -0.137. The summed E-state index contributed by atoms with van der Waals surface area (Å²) in [7, 11) is 0.254. The maximum Gasteiger partial charge on any atom is 0.253 e. The first-order chi connectivity index (χ1) is 10.5. The molecule has 120 valence electrons. The van der Waals surface area contributed by atoms with Gasteiger partial charge in [0.25, 0.3) is 11.8 Å². The van der Waals surface area contributed by atoms with Gasteiger partial charge in [-0.05, 0) is 31.1 Å². The number of carbonyl (C=O) groups excluding carboxylic acids is 4. The molecule has 1 rings (SSSR count). The van der Waals surface area contributed by atoms with Crippen LogP contribution < -0.4 is 11.1 Å². The van der Waals surface area contributed by atoms with Gasteiger partial charge < -0.3 is 11.1 Å². The molecule has 0 aromatic carbocycles. The van der Waals surface area contributed by atoms with Gasteiger partial charge in [-0.15, -0.1) is 0 Å². The highest BCUT2D eigenvalue weighted by Crippen LogP contribution is 2.06. The highest BCUT2D eigenvalue weighted by atomic mass is 32.4. The average Bonchev–Trinajstić information content (AvgIpc) is 2.82. The van der Waals surface area contributed by atoms with Crippen molar-refractivity contribution < 1.29 is 19.2 Å². The summed E-state index contributed by atoms with van der Waals surface area (Å²) in [6, 6.07) is -0.533. The van der Waals surface area contributed by atoms with E-state index in [1.807, 2.05) is 0 Å². The lowest BCUT2D eigenvalue weighted by Crippen LogP contribution is -2.35. The molecule has 9 heteroatoms. The van der Waals surface area contributed by atoms with Crippen LogP contribution in [0.15, 0.2) is 12.2 Å². The molecule has 0 aromatic heterocycles. The van der Waals surface area contributed by atoms with Gasteiger partial charge in [-0.3, -0.25) is 24.1 Å². The summed E-state index contributed by atoms with van der Waals surface area (Å²) in [6.07, 6.45) is 4.40. The SMILES string of the molecule is NC(CCCCNC(=O)CCN1C(=O)C=CC1=O)C(=O)P=S. The van der Waals surface area contributed by atoms with Gasteiger partial charge in [-0.1, -0.05) is 0 Å². The lowest BCUT2D eigenvalue weighted by Gasteiger charge is -2.13. The number of nitrogens with one attached hydrogen (secondary N) is 1. The summed E-state index contributed by atoms with van der Waals surface area (Å²) < 4.78 is 0. The first kappa shape index (κ1) is 18.5. The van der Waals surface area contributed by atoms with Crippen LogP contribution in [0.5, 0.6) is 0 Å². The molecule has 0 saturated heterocycles. The Kier molecular flexibility index (Phi) is 8.01. The molecule has 7 nitrogen and oxygen atoms in total. The number of hydrogen-bond acceptors (Lipinski definition) is 6. The van der Waals surface area contributed by atoms with Crippen LogP contribution in [0.4, 0.5) is 0 Å². The van der Waals surface area contributed by atoms with Crippen molar-refractivity contribution in [2.24, 2.45) is 5.73 Å². The van der Waals surface area contributed by atoms with Gasteiger partial charge in [-0.2, -0.15) is 0 Å². The Bertz CT molecular complexity index is 492. The van der Waals surface area contributed by atoms with Gasteiger partial charge in [0.1, 0.15) is 0 Å². The van der Waals surface area contributed by atoms with E-state index >= 15 is 0 Å². The number of rotatable bonds is 10. The molecule has 0 aliphatic carbocycles. The summed E-state index contributed by atoms with van der Waals surface area (Å²) >= 11 is 4.61. The molecule has 1 aliphatic rings. The number of amides is 3. The second-order valence-corrected chi connectivity index (χ2v) is 5.96. The van der Waals surface area contributed by atoms with E-state index < -0.39 is 17.9 Å². The Morgan fingerprint density at radius 1 is 1.27 bits per heavy atom. The molecule has 1 unspecified atom stereocenters. The molecule has 0 saturated carbocycles. The van der Waals surface area contributed by atoms with Crippen LogP contribution in [0.25, 0.3) is 0 Å². The maximum absolute atomic E-state index is 11.6. The second kappa shape index (κ2) is 9.50. The molecule has 1 aliphatic heterocycles. The van der Waals surface area contributed by atoms with Gasteiger partial charge in [-0.25, -0.2) is 0 Å². The number of carbonyl (C=O) groups is 4. The van der Waals surface area contributed by atoms with Gasteiger partial charge in [0, 0.05) is 31.7 Å². The maximum atomic E-state index is 11.6. The number of nitrogens with zero attached hydrogens (tertiary/aromatic N) is 1. The fraction of sp³-hybridized carbons (Fsp3) is 0.538. The van der Waals surface area contributed by atoms with Crippen LogP contribution in [0.1, 0.15) is 25.7 Å². The molecule has 1 atom stereocenters. The van der Waals surface area contributed by atoms with Crippen LogP contribution in [-0.2, 0) is 31.0 Å². The predicted octanol–water partition coefficient (Wildman–Crippen LogP) is -0.150. The van der Waals surface area contributed by atoms with E-state index in [0.717, 1.165) is 4.90 Å². The van der Waals surface area contributed by atoms with E-state index in [9.17, 15) is 19.2 Å². The summed E-state index contributed by atoms with van der Waals surface area (Å²) in [5.74, 6) is -1.01. The third-order valence-corrected chi connectivity index (χ3v) is 4.19. The van der Waals surface area contributed by atoms with Crippen molar-refractivity contribution in [1.29, 1.82) is 0 Å². The summed E-state index contributed by atoms with van der Waals surface area (Å²) in [6.45, 7) is 0.541. The Hall–Kier alpha value is -1.50. The van der Waals surface area contributed by atoms with Crippen molar-refractivity contribution in [2.75, 3.05) is 13.1 Å². The topological polar surface area (TPSA) is 110 Å². The third kappa shape index (κ3) is 6.09. The van der Waals surface area contributed by atoms with E-state index in [1.54, 1.807) is 0 Å². The predicted molar refractivity (Wildman–Crippen MR) is 84.6 cm³/mol. The van der Waals surface area contributed by atoms with Crippen LogP contribution in [0.2, 0.25) is 0 Å². The molecule has 3 amide bonds. The highest BCUT2D eigenvalue weighted by Gasteiger charge is 2.23. The van der Waals surface area contributed by atoms with E-state index in [1.165, 1.54) is 12.2 Å². The van der Waals surface area contributed by atoms with Crippen molar-refractivity contribution in [2.45, 2.75) is 31.7 Å².